The molecule has 0 N–H and O–H groups in total. The zero-order valence-corrected chi connectivity index (χ0v) is 18.0. The highest BCUT2D eigenvalue weighted by Gasteiger charge is 2.22. The Morgan fingerprint density at radius 1 is 1.10 bits per heavy atom. The van der Waals surface area contributed by atoms with Gasteiger partial charge in [-0.3, -0.25) is 4.57 Å². The molecule has 8 heteroatoms. The first kappa shape index (κ1) is 20.0. The summed E-state index contributed by atoms with van der Waals surface area (Å²) >= 11 is 1.66. The topological polar surface area (TPSA) is 69.2 Å². The van der Waals surface area contributed by atoms with Gasteiger partial charge in [-0.05, 0) is 25.0 Å². The number of morpholine rings is 1. The molecule has 3 heterocycles. The van der Waals surface area contributed by atoms with E-state index in [0.29, 0.717) is 17.6 Å². The standard InChI is InChI=1S/C21H27N5O2S/c1-15(2)13-26-20(25-9-11-27-12-10-25)23-24-21(26)29-14-18-16(3)28-19(22-18)17-7-5-4-6-8-17/h4-8,15H,9-14H2,1-3H3. The molecule has 2 aromatic heterocycles. The number of hydrogen-bond donors (Lipinski definition) is 0. The van der Waals surface area contributed by atoms with Crippen LogP contribution in [0.3, 0.4) is 0 Å². The Bertz CT molecular complexity index is 932. The molecule has 154 valence electrons. The number of nitrogens with zero attached hydrogens (tertiary/aromatic N) is 5. The van der Waals surface area contributed by atoms with Crippen LogP contribution in [-0.2, 0) is 17.0 Å². The van der Waals surface area contributed by atoms with E-state index < -0.39 is 0 Å². The van der Waals surface area contributed by atoms with Crippen LogP contribution >= 0.6 is 11.8 Å². The normalized spacial score (nSPS) is 14.7. The van der Waals surface area contributed by atoms with Gasteiger partial charge in [-0.1, -0.05) is 43.8 Å². The Balaban J connectivity index is 1.52. The summed E-state index contributed by atoms with van der Waals surface area (Å²) < 4.78 is 13.6. The highest BCUT2D eigenvalue weighted by Crippen LogP contribution is 2.29. The van der Waals surface area contributed by atoms with Crippen LogP contribution in [0.4, 0.5) is 5.95 Å². The molecular weight excluding hydrogens is 386 g/mol. The van der Waals surface area contributed by atoms with Gasteiger partial charge in [-0.2, -0.15) is 0 Å². The van der Waals surface area contributed by atoms with Crippen LogP contribution in [0.5, 0.6) is 0 Å². The minimum atomic E-state index is 0.503. The average Bonchev–Trinajstić information content (AvgIpc) is 3.30. The number of ether oxygens (including phenoxy) is 1. The maximum absolute atomic E-state index is 5.89. The maximum atomic E-state index is 5.89. The van der Waals surface area contributed by atoms with E-state index in [1.807, 2.05) is 37.3 Å². The van der Waals surface area contributed by atoms with Crippen LogP contribution in [0.25, 0.3) is 11.5 Å². The summed E-state index contributed by atoms with van der Waals surface area (Å²) in [5, 5.41) is 9.91. The molecule has 1 aromatic carbocycles. The molecule has 0 saturated carbocycles. The lowest BCUT2D eigenvalue weighted by atomic mass is 10.2. The lowest BCUT2D eigenvalue weighted by molar-refractivity contribution is 0.121. The number of hydrogen-bond acceptors (Lipinski definition) is 7. The van der Waals surface area contributed by atoms with E-state index in [9.17, 15) is 0 Å². The third-order valence-corrected chi connectivity index (χ3v) is 5.77. The Kier molecular flexibility index (Phi) is 6.20. The van der Waals surface area contributed by atoms with Crippen molar-refractivity contribution in [3.63, 3.8) is 0 Å². The van der Waals surface area contributed by atoms with Gasteiger partial charge in [0.2, 0.25) is 11.8 Å². The highest BCUT2D eigenvalue weighted by molar-refractivity contribution is 7.98. The Morgan fingerprint density at radius 2 is 1.86 bits per heavy atom. The van der Waals surface area contributed by atoms with E-state index in [1.165, 1.54) is 0 Å². The molecule has 0 aliphatic carbocycles. The number of anilines is 1. The van der Waals surface area contributed by atoms with Gasteiger partial charge in [-0.25, -0.2) is 4.98 Å². The smallest absolute Gasteiger partial charge is 0.228 e. The predicted octanol–water partition coefficient (Wildman–Crippen LogP) is 4.03. The van der Waals surface area contributed by atoms with E-state index in [4.69, 9.17) is 14.1 Å². The van der Waals surface area contributed by atoms with Crippen LogP contribution in [-0.4, -0.2) is 46.1 Å². The van der Waals surface area contributed by atoms with E-state index >= 15 is 0 Å². The van der Waals surface area contributed by atoms with Crippen molar-refractivity contribution < 1.29 is 9.15 Å². The molecule has 3 aromatic rings. The number of rotatable bonds is 7. The van der Waals surface area contributed by atoms with Crippen molar-refractivity contribution in [3.05, 3.63) is 41.8 Å². The van der Waals surface area contributed by atoms with Gasteiger partial charge in [0.15, 0.2) is 5.16 Å². The van der Waals surface area contributed by atoms with Crippen molar-refractivity contribution >= 4 is 17.7 Å². The first-order valence-corrected chi connectivity index (χ1v) is 11.0. The quantitative estimate of drug-likeness (QED) is 0.542. The van der Waals surface area contributed by atoms with Gasteiger partial charge >= 0.3 is 0 Å². The van der Waals surface area contributed by atoms with Crippen LogP contribution < -0.4 is 4.90 Å². The van der Waals surface area contributed by atoms with E-state index in [-0.39, 0.29) is 0 Å². The Morgan fingerprint density at radius 3 is 2.59 bits per heavy atom. The first-order valence-electron chi connectivity index (χ1n) is 10.0. The molecule has 0 radical (unpaired) electrons. The molecule has 29 heavy (non-hydrogen) atoms. The van der Waals surface area contributed by atoms with E-state index in [1.54, 1.807) is 11.8 Å². The summed E-state index contributed by atoms with van der Waals surface area (Å²) in [4.78, 5) is 6.97. The highest BCUT2D eigenvalue weighted by atomic mass is 32.2. The fourth-order valence-electron chi connectivity index (χ4n) is 3.31. The number of benzene rings is 1. The molecule has 1 aliphatic rings. The molecule has 1 fully saturated rings. The summed E-state index contributed by atoms with van der Waals surface area (Å²) in [6.45, 7) is 10.4. The van der Waals surface area contributed by atoms with Crippen LogP contribution in [0.2, 0.25) is 0 Å². The van der Waals surface area contributed by atoms with Crippen LogP contribution in [0, 0.1) is 12.8 Å². The van der Waals surface area contributed by atoms with Crippen LogP contribution in [0.1, 0.15) is 25.3 Å². The Labute approximate surface area is 175 Å². The van der Waals surface area contributed by atoms with Gasteiger partial charge in [0.1, 0.15) is 5.76 Å². The summed E-state index contributed by atoms with van der Waals surface area (Å²) in [7, 11) is 0. The molecule has 4 rings (SSSR count). The number of oxazole rings is 1. The van der Waals surface area contributed by atoms with Crippen molar-refractivity contribution in [2.45, 2.75) is 38.2 Å². The summed E-state index contributed by atoms with van der Waals surface area (Å²) in [5.41, 5.74) is 1.94. The fourth-order valence-corrected chi connectivity index (χ4v) is 4.25. The molecule has 0 spiro atoms. The second kappa shape index (κ2) is 9.00. The summed E-state index contributed by atoms with van der Waals surface area (Å²) in [6.07, 6.45) is 0. The monoisotopic (exact) mass is 413 g/mol. The minimum Gasteiger partial charge on any atom is -0.441 e. The molecule has 1 saturated heterocycles. The SMILES string of the molecule is Cc1oc(-c2ccccc2)nc1CSc1nnc(N2CCOCC2)n1CC(C)C. The molecule has 0 unspecified atom stereocenters. The minimum absolute atomic E-state index is 0.503. The number of aryl methyl sites for hydroxylation is 1. The number of thioether (sulfide) groups is 1. The maximum Gasteiger partial charge on any atom is 0.228 e. The lowest BCUT2D eigenvalue weighted by Crippen LogP contribution is -2.38. The molecule has 0 amide bonds. The van der Waals surface area contributed by atoms with Gasteiger partial charge in [0.05, 0.1) is 18.9 Å². The number of aromatic nitrogens is 4. The van der Waals surface area contributed by atoms with Crippen molar-refractivity contribution in [1.82, 2.24) is 19.7 Å². The van der Waals surface area contributed by atoms with Crippen molar-refractivity contribution in [3.8, 4) is 11.5 Å². The molecule has 0 atom stereocenters. The third kappa shape index (κ3) is 4.64. The first-order chi connectivity index (χ1) is 14.1. The second-order valence-corrected chi connectivity index (χ2v) is 8.51. The van der Waals surface area contributed by atoms with Crippen LogP contribution in [0.15, 0.2) is 39.9 Å². The second-order valence-electron chi connectivity index (χ2n) is 7.56. The van der Waals surface area contributed by atoms with Gasteiger partial charge in [-0.15, -0.1) is 10.2 Å². The molecule has 0 bridgehead atoms. The van der Waals surface area contributed by atoms with Crippen molar-refractivity contribution in [2.75, 3.05) is 31.2 Å². The van der Waals surface area contributed by atoms with Gasteiger partial charge in [0, 0.05) is 31.0 Å². The zero-order chi connectivity index (χ0) is 20.2. The van der Waals surface area contributed by atoms with Gasteiger partial charge in [0.25, 0.3) is 0 Å². The summed E-state index contributed by atoms with van der Waals surface area (Å²) in [6, 6.07) is 9.99. The van der Waals surface area contributed by atoms with Crippen molar-refractivity contribution in [1.29, 1.82) is 0 Å². The van der Waals surface area contributed by atoms with Crippen molar-refractivity contribution in [2.24, 2.45) is 5.92 Å². The largest absolute Gasteiger partial charge is 0.441 e. The predicted molar refractivity (Wildman–Crippen MR) is 114 cm³/mol. The van der Waals surface area contributed by atoms with E-state index in [2.05, 4.69) is 33.5 Å². The van der Waals surface area contributed by atoms with Gasteiger partial charge < -0.3 is 14.1 Å². The molecular formula is C21H27N5O2S. The Hall–Kier alpha value is -2.32. The summed E-state index contributed by atoms with van der Waals surface area (Å²) in [5.74, 6) is 3.65. The fraction of sp³-hybridized carbons (Fsp3) is 0.476. The third-order valence-electron chi connectivity index (χ3n) is 4.79. The molecule has 7 nitrogen and oxygen atoms in total. The van der Waals surface area contributed by atoms with E-state index in [0.717, 1.165) is 61.0 Å². The molecule has 1 aliphatic heterocycles. The average molecular weight is 414 g/mol. The lowest BCUT2D eigenvalue weighted by Gasteiger charge is -2.28. The zero-order valence-electron chi connectivity index (χ0n) is 17.2.